The first kappa shape index (κ1) is 13.6. The third kappa shape index (κ3) is 3.84. The van der Waals surface area contributed by atoms with Crippen LogP contribution in [-0.2, 0) is 13.0 Å². The largest absolute Gasteiger partial charge is 0.338 e. The molecule has 0 radical (unpaired) electrons. The van der Waals surface area contributed by atoms with E-state index in [1.807, 2.05) is 30.0 Å². The lowest BCUT2D eigenvalue weighted by atomic mass is 10.1. The fourth-order valence-corrected chi connectivity index (χ4v) is 3.45. The van der Waals surface area contributed by atoms with Gasteiger partial charge in [-0.2, -0.15) is 16.7 Å². The summed E-state index contributed by atoms with van der Waals surface area (Å²) < 4.78 is 5.30. The van der Waals surface area contributed by atoms with Crippen molar-refractivity contribution in [2.45, 2.75) is 31.8 Å². The lowest BCUT2D eigenvalue weighted by Crippen LogP contribution is -2.32. The highest BCUT2D eigenvalue weighted by Gasteiger charge is 2.14. The molecule has 2 aromatic rings. The van der Waals surface area contributed by atoms with E-state index in [4.69, 9.17) is 4.52 Å². The van der Waals surface area contributed by atoms with Gasteiger partial charge in [0.2, 0.25) is 5.89 Å². The summed E-state index contributed by atoms with van der Waals surface area (Å²) in [7, 11) is 0. The van der Waals surface area contributed by atoms with Crippen LogP contribution in [0.25, 0.3) is 0 Å². The first-order valence-corrected chi connectivity index (χ1v) is 8.22. The maximum absolute atomic E-state index is 5.30. The molecule has 0 spiro atoms. The van der Waals surface area contributed by atoms with Crippen LogP contribution in [0, 0.1) is 0 Å². The third-order valence-electron chi connectivity index (χ3n) is 3.48. The van der Waals surface area contributed by atoms with E-state index in [2.05, 4.69) is 27.6 Å². The lowest BCUT2D eigenvalue weighted by molar-refractivity contribution is 0.349. The zero-order chi connectivity index (χ0) is 13.6. The van der Waals surface area contributed by atoms with Crippen molar-refractivity contribution < 1.29 is 4.52 Å². The van der Waals surface area contributed by atoms with Crippen molar-refractivity contribution in [1.29, 1.82) is 0 Å². The Hall–Kier alpha value is -1.33. The molecule has 0 bridgehead atoms. The summed E-state index contributed by atoms with van der Waals surface area (Å²) in [5.41, 5.74) is 1.21. The van der Waals surface area contributed by atoms with Crippen molar-refractivity contribution in [3.05, 3.63) is 47.6 Å². The molecule has 0 saturated carbocycles. The van der Waals surface area contributed by atoms with Crippen molar-refractivity contribution in [2.24, 2.45) is 0 Å². The number of thioether (sulfide) groups is 1. The maximum Gasteiger partial charge on any atom is 0.240 e. The highest BCUT2D eigenvalue weighted by atomic mass is 32.2. The second kappa shape index (κ2) is 6.90. The van der Waals surface area contributed by atoms with E-state index in [1.165, 1.54) is 29.9 Å². The molecule has 106 valence electrons. The van der Waals surface area contributed by atoms with Gasteiger partial charge in [-0.05, 0) is 29.9 Å². The molecule has 0 unspecified atom stereocenters. The number of aromatic nitrogens is 2. The Kier molecular flexibility index (Phi) is 4.71. The minimum atomic E-state index is 0.598. The third-order valence-corrected chi connectivity index (χ3v) is 4.53. The summed E-state index contributed by atoms with van der Waals surface area (Å²) in [5, 5.41) is 7.55. The van der Waals surface area contributed by atoms with Crippen molar-refractivity contribution in [3.63, 3.8) is 0 Å². The standard InChI is InChI=1S/C15H19N3OS/c1-2-4-12(5-3-1)10-14-17-15(19-18-14)11-16-13-6-8-20-9-7-13/h1-5,13,16H,6-11H2. The Bertz CT molecular complexity index is 523. The summed E-state index contributed by atoms with van der Waals surface area (Å²) in [4.78, 5) is 4.44. The normalized spacial score (nSPS) is 16.4. The molecule has 1 saturated heterocycles. The van der Waals surface area contributed by atoms with E-state index < -0.39 is 0 Å². The Morgan fingerprint density at radius 1 is 1.20 bits per heavy atom. The number of hydrogen-bond donors (Lipinski definition) is 1. The molecule has 1 aromatic carbocycles. The zero-order valence-electron chi connectivity index (χ0n) is 11.4. The minimum Gasteiger partial charge on any atom is -0.338 e. The van der Waals surface area contributed by atoms with Crippen LogP contribution in [0.3, 0.4) is 0 Å². The average Bonchev–Trinajstić information content (AvgIpc) is 2.95. The number of nitrogens with zero attached hydrogens (tertiary/aromatic N) is 2. The molecule has 3 rings (SSSR count). The van der Waals surface area contributed by atoms with Crippen LogP contribution in [0.4, 0.5) is 0 Å². The zero-order valence-corrected chi connectivity index (χ0v) is 12.2. The Balaban J connectivity index is 1.51. The predicted octanol–water partition coefficient (Wildman–Crippen LogP) is 2.65. The van der Waals surface area contributed by atoms with Crippen LogP contribution in [0.5, 0.6) is 0 Å². The van der Waals surface area contributed by atoms with Crippen LogP contribution in [-0.4, -0.2) is 27.7 Å². The van der Waals surface area contributed by atoms with E-state index >= 15 is 0 Å². The van der Waals surface area contributed by atoms with Gasteiger partial charge in [-0.3, -0.25) is 0 Å². The number of hydrogen-bond acceptors (Lipinski definition) is 5. The number of nitrogens with one attached hydrogen (secondary N) is 1. The molecule has 20 heavy (non-hydrogen) atoms. The van der Waals surface area contributed by atoms with Crippen LogP contribution >= 0.6 is 11.8 Å². The highest BCUT2D eigenvalue weighted by Crippen LogP contribution is 2.17. The van der Waals surface area contributed by atoms with Gasteiger partial charge in [-0.1, -0.05) is 35.5 Å². The Labute approximate surface area is 123 Å². The summed E-state index contributed by atoms with van der Waals surface area (Å²) in [6.45, 7) is 0.678. The molecular weight excluding hydrogens is 270 g/mol. The summed E-state index contributed by atoms with van der Waals surface area (Å²) in [6, 6.07) is 10.8. The summed E-state index contributed by atoms with van der Waals surface area (Å²) in [6.07, 6.45) is 3.19. The smallest absolute Gasteiger partial charge is 0.240 e. The van der Waals surface area contributed by atoms with Crippen LogP contribution < -0.4 is 5.32 Å². The van der Waals surface area contributed by atoms with Gasteiger partial charge in [-0.25, -0.2) is 0 Å². The second-order valence-electron chi connectivity index (χ2n) is 5.03. The van der Waals surface area contributed by atoms with Gasteiger partial charge in [0, 0.05) is 12.5 Å². The molecule has 1 N–H and O–H groups in total. The number of benzene rings is 1. The number of rotatable bonds is 5. The van der Waals surface area contributed by atoms with E-state index in [-0.39, 0.29) is 0 Å². The van der Waals surface area contributed by atoms with Crippen LogP contribution in [0.2, 0.25) is 0 Å². The fourth-order valence-electron chi connectivity index (χ4n) is 2.35. The molecule has 2 heterocycles. The minimum absolute atomic E-state index is 0.598. The second-order valence-corrected chi connectivity index (χ2v) is 6.26. The van der Waals surface area contributed by atoms with Crippen LogP contribution in [0.15, 0.2) is 34.9 Å². The molecule has 1 aliphatic rings. The topological polar surface area (TPSA) is 51.0 Å². The van der Waals surface area contributed by atoms with Gasteiger partial charge < -0.3 is 9.84 Å². The monoisotopic (exact) mass is 289 g/mol. The Morgan fingerprint density at radius 3 is 2.80 bits per heavy atom. The van der Waals surface area contributed by atoms with Crippen molar-refractivity contribution >= 4 is 11.8 Å². The fraction of sp³-hybridized carbons (Fsp3) is 0.467. The van der Waals surface area contributed by atoms with Crippen molar-refractivity contribution in [1.82, 2.24) is 15.5 Å². The molecule has 1 fully saturated rings. The van der Waals surface area contributed by atoms with Gasteiger partial charge >= 0.3 is 0 Å². The quantitative estimate of drug-likeness (QED) is 0.917. The molecule has 0 amide bonds. The van der Waals surface area contributed by atoms with Gasteiger partial charge in [0.05, 0.1) is 6.54 Å². The average molecular weight is 289 g/mol. The van der Waals surface area contributed by atoms with Crippen molar-refractivity contribution in [2.75, 3.05) is 11.5 Å². The molecule has 0 atom stereocenters. The molecule has 1 aliphatic heterocycles. The molecule has 1 aromatic heterocycles. The van der Waals surface area contributed by atoms with E-state index in [9.17, 15) is 0 Å². The molecule has 4 nitrogen and oxygen atoms in total. The van der Waals surface area contributed by atoms with Gasteiger partial charge in [0.1, 0.15) is 0 Å². The first-order chi connectivity index (χ1) is 9.90. The van der Waals surface area contributed by atoms with Crippen LogP contribution in [0.1, 0.15) is 30.1 Å². The predicted molar refractivity (Wildman–Crippen MR) is 80.7 cm³/mol. The lowest BCUT2D eigenvalue weighted by Gasteiger charge is -2.21. The van der Waals surface area contributed by atoms with E-state index in [0.717, 1.165) is 12.2 Å². The maximum atomic E-state index is 5.30. The SMILES string of the molecule is c1ccc(Cc2noc(CNC3CCSCC3)n2)cc1. The Morgan fingerprint density at radius 2 is 2.00 bits per heavy atom. The van der Waals surface area contributed by atoms with E-state index in [1.54, 1.807) is 0 Å². The molecular formula is C15H19N3OS. The van der Waals surface area contributed by atoms with Gasteiger partial charge in [0.25, 0.3) is 0 Å². The summed E-state index contributed by atoms with van der Waals surface area (Å²) in [5.74, 6) is 3.95. The van der Waals surface area contributed by atoms with E-state index in [0.29, 0.717) is 18.5 Å². The first-order valence-electron chi connectivity index (χ1n) is 7.06. The molecule has 5 heteroatoms. The van der Waals surface area contributed by atoms with Gasteiger partial charge in [-0.15, -0.1) is 0 Å². The molecule has 0 aliphatic carbocycles. The van der Waals surface area contributed by atoms with Crippen molar-refractivity contribution in [3.8, 4) is 0 Å². The highest BCUT2D eigenvalue weighted by molar-refractivity contribution is 7.99. The summed E-state index contributed by atoms with van der Waals surface area (Å²) >= 11 is 2.03. The van der Waals surface area contributed by atoms with Gasteiger partial charge in [0.15, 0.2) is 5.82 Å².